The van der Waals surface area contributed by atoms with E-state index in [2.05, 4.69) is 0 Å². The quantitative estimate of drug-likeness (QED) is 0.762. The molecule has 7 heteroatoms. The van der Waals surface area contributed by atoms with Gasteiger partial charge in [-0.2, -0.15) is 0 Å². The van der Waals surface area contributed by atoms with E-state index in [1.807, 2.05) is 0 Å². The van der Waals surface area contributed by atoms with Gasteiger partial charge in [0.05, 0.1) is 14.9 Å². The van der Waals surface area contributed by atoms with E-state index in [0.29, 0.717) is 16.5 Å². The van der Waals surface area contributed by atoms with Gasteiger partial charge in [0.25, 0.3) is 9.05 Å². The van der Waals surface area contributed by atoms with E-state index in [9.17, 15) is 8.42 Å². The molecule has 0 radical (unpaired) electrons. The highest BCUT2D eigenvalue weighted by molar-refractivity contribution is 8.13. The Bertz CT molecular complexity index is 714. The van der Waals surface area contributed by atoms with Crippen molar-refractivity contribution in [2.45, 2.75) is 4.90 Å². The molecule has 0 saturated heterocycles. The zero-order valence-corrected chi connectivity index (χ0v) is 12.4. The van der Waals surface area contributed by atoms with Gasteiger partial charge in [-0.25, -0.2) is 8.42 Å². The van der Waals surface area contributed by atoms with Crippen LogP contribution in [0, 0.1) is 0 Å². The summed E-state index contributed by atoms with van der Waals surface area (Å²) in [5, 5.41) is 0.550. The third-order valence-corrected chi connectivity index (χ3v) is 4.20. The monoisotopic (exact) mass is 336 g/mol. The summed E-state index contributed by atoms with van der Waals surface area (Å²) >= 11 is 11.9. The molecule has 0 atom stereocenters. The van der Waals surface area contributed by atoms with Crippen LogP contribution in [0.25, 0.3) is 0 Å². The maximum Gasteiger partial charge on any atom is 0.261 e. The van der Waals surface area contributed by atoms with Crippen molar-refractivity contribution in [3.05, 3.63) is 52.5 Å². The fraction of sp³-hybridized carbons (Fsp3) is 0. The smallest absolute Gasteiger partial charge is 0.261 e. The van der Waals surface area contributed by atoms with Crippen LogP contribution in [-0.2, 0) is 9.05 Å². The summed E-state index contributed by atoms with van der Waals surface area (Å²) in [6.45, 7) is 0. The molecule has 0 aliphatic rings. The summed E-state index contributed by atoms with van der Waals surface area (Å²) in [4.78, 5) is -0.0920. The van der Waals surface area contributed by atoms with Gasteiger partial charge in [-0.05, 0) is 30.3 Å². The largest absolute Gasteiger partial charge is 0.454 e. The van der Waals surface area contributed by atoms with E-state index in [1.165, 1.54) is 18.2 Å². The van der Waals surface area contributed by atoms with Gasteiger partial charge >= 0.3 is 0 Å². The van der Waals surface area contributed by atoms with Crippen molar-refractivity contribution in [1.29, 1.82) is 0 Å². The predicted octanol–water partition coefficient (Wildman–Crippen LogP) is 4.71. The molecule has 3 nitrogen and oxygen atoms in total. The van der Waals surface area contributed by atoms with E-state index in [4.69, 9.17) is 38.6 Å². The maximum atomic E-state index is 11.2. The van der Waals surface area contributed by atoms with Crippen molar-refractivity contribution in [2.24, 2.45) is 0 Å². The number of halogens is 3. The molecule has 0 saturated carbocycles. The molecule has 0 spiro atoms. The summed E-state index contributed by atoms with van der Waals surface area (Å²) in [5.41, 5.74) is 0. The summed E-state index contributed by atoms with van der Waals surface area (Å²) < 4.78 is 27.8. The lowest BCUT2D eigenvalue weighted by Gasteiger charge is -2.09. The van der Waals surface area contributed by atoms with Crippen LogP contribution in [0.1, 0.15) is 0 Å². The average Bonchev–Trinajstić information content (AvgIpc) is 2.33. The van der Waals surface area contributed by atoms with E-state index < -0.39 is 9.05 Å². The zero-order chi connectivity index (χ0) is 14.0. The first-order valence-electron chi connectivity index (χ1n) is 5.04. The summed E-state index contributed by atoms with van der Waals surface area (Å²) in [6.07, 6.45) is 0. The molecule has 0 bridgehead atoms. The minimum absolute atomic E-state index is 0.0920. The Morgan fingerprint density at radius 3 is 2.11 bits per heavy atom. The summed E-state index contributed by atoms with van der Waals surface area (Å²) in [5.74, 6) is 0.714. The van der Waals surface area contributed by atoms with Crippen LogP contribution in [0.2, 0.25) is 10.0 Å². The highest BCUT2D eigenvalue weighted by Crippen LogP contribution is 2.34. The lowest BCUT2D eigenvalue weighted by atomic mass is 10.3. The minimum atomic E-state index is -3.82. The molecule has 100 valence electrons. The first kappa shape index (κ1) is 14.5. The van der Waals surface area contributed by atoms with E-state index in [-0.39, 0.29) is 9.92 Å². The Hall–Kier alpha value is -0.940. The lowest BCUT2D eigenvalue weighted by Crippen LogP contribution is -1.92. The molecule has 0 unspecified atom stereocenters. The molecular weight excluding hydrogens is 331 g/mol. The van der Waals surface area contributed by atoms with Crippen molar-refractivity contribution in [2.75, 3.05) is 0 Å². The minimum Gasteiger partial charge on any atom is -0.454 e. The van der Waals surface area contributed by atoms with Gasteiger partial charge in [-0.15, -0.1) is 0 Å². The van der Waals surface area contributed by atoms with Crippen LogP contribution in [0.5, 0.6) is 11.5 Å². The molecule has 2 aromatic rings. The first-order valence-corrected chi connectivity index (χ1v) is 8.11. The molecule has 0 heterocycles. The van der Waals surface area contributed by atoms with Crippen molar-refractivity contribution in [3.8, 4) is 11.5 Å². The van der Waals surface area contributed by atoms with Gasteiger partial charge in [-0.3, -0.25) is 0 Å². The highest BCUT2D eigenvalue weighted by atomic mass is 35.7. The molecule has 2 aromatic carbocycles. The Kier molecular flexibility index (Phi) is 4.26. The summed E-state index contributed by atoms with van der Waals surface area (Å²) in [7, 11) is 1.40. The number of rotatable bonds is 3. The van der Waals surface area contributed by atoms with Crippen molar-refractivity contribution in [1.82, 2.24) is 0 Å². The molecule has 2 rings (SSSR count). The second-order valence-electron chi connectivity index (χ2n) is 3.56. The van der Waals surface area contributed by atoms with Gasteiger partial charge < -0.3 is 4.74 Å². The van der Waals surface area contributed by atoms with Crippen LogP contribution in [0.3, 0.4) is 0 Å². The van der Waals surface area contributed by atoms with Crippen LogP contribution in [0.15, 0.2) is 47.4 Å². The fourth-order valence-electron chi connectivity index (χ4n) is 1.36. The zero-order valence-electron chi connectivity index (χ0n) is 9.31. The van der Waals surface area contributed by atoms with Crippen molar-refractivity contribution >= 4 is 42.9 Å². The standard InChI is InChI=1S/C12H7Cl3O3S/c13-9-3-1-2-4-11(9)18-12-6-5-8(7-10(12)14)19(15,16)17/h1-7H. The summed E-state index contributed by atoms with van der Waals surface area (Å²) in [6, 6.07) is 10.8. The van der Waals surface area contributed by atoms with Crippen LogP contribution in [0.4, 0.5) is 0 Å². The average molecular weight is 338 g/mol. The maximum absolute atomic E-state index is 11.2. The molecular formula is C12H7Cl3O3S. The van der Waals surface area contributed by atoms with Gasteiger partial charge in [-0.1, -0.05) is 35.3 Å². The second kappa shape index (κ2) is 5.59. The third kappa shape index (κ3) is 3.54. The number of hydrogen-bond acceptors (Lipinski definition) is 3. The number of benzene rings is 2. The van der Waals surface area contributed by atoms with Crippen molar-refractivity contribution in [3.63, 3.8) is 0 Å². The molecule has 0 aromatic heterocycles. The van der Waals surface area contributed by atoms with Gasteiger partial charge in [0.2, 0.25) is 0 Å². The number of ether oxygens (including phenoxy) is 1. The normalized spacial score (nSPS) is 11.3. The third-order valence-electron chi connectivity index (χ3n) is 2.24. The van der Waals surface area contributed by atoms with Gasteiger partial charge in [0.1, 0.15) is 11.5 Å². The van der Waals surface area contributed by atoms with Gasteiger partial charge in [0, 0.05) is 10.7 Å². The molecule has 0 fully saturated rings. The first-order chi connectivity index (χ1) is 8.88. The second-order valence-corrected chi connectivity index (χ2v) is 6.94. The fourth-order valence-corrected chi connectivity index (χ4v) is 2.60. The predicted molar refractivity (Wildman–Crippen MR) is 76.0 cm³/mol. The van der Waals surface area contributed by atoms with E-state index in [1.54, 1.807) is 24.3 Å². The van der Waals surface area contributed by atoms with Crippen LogP contribution >= 0.6 is 33.9 Å². The Morgan fingerprint density at radius 2 is 1.53 bits per heavy atom. The SMILES string of the molecule is O=S(=O)(Cl)c1ccc(Oc2ccccc2Cl)c(Cl)c1. The molecule has 0 aliphatic heterocycles. The van der Waals surface area contributed by atoms with E-state index >= 15 is 0 Å². The topological polar surface area (TPSA) is 43.4 Å². The Balaban J connectivity index is 2.36. The molecule has 0 amide bonds. The van der Waals surface area contributed by atoms with Crippen LogP contribution < -0.4 is 4.74 Å². The molecule has 0 N–H and O–H groups in total. The molecule has 0 aliphatic carbocycles. The Morgan fingerprint density at radius 1 is 0.895 bits per heavy atom. The highest BCUT2D eigenvalue weighted by Gasteiger charge is 2.13. The van der Waals surface area contributed by atoms with Crippen molar-refractivity contribution < 1.29 is 13.2 Å². The Labute approximate surface area is 125 Å². The molecule has 19 heavy (non-hydrogen) atoms. The number of hydrogen-bond donors (Lipinski definition) is 0. The van der Waals surface area contributed by atoms with Crippen LogP contribution in [-0.4, -0.2) is 8.42 Å². The number of para-hydroxylation sites is 1. The lowest BCUT2D eigenvalue weighted by molar-refractivity contribution is 0.482. The van der Waals surface area contributed by atoms with Gasteiger partial charge in [0.15, 0.2) is 0 Å². The van der Waals surface area contributed by atoms with E-state index in [0.717, 1.165) is 0 Å².